The van der Waals surface area contributed by atoms with E-state index in [1.807, 2.05) is 0 Å². The first-order valence-corrected chi connectivity index (χ1v) is 12.9. The molecule has 0 fully saturated rings. The van der Waals surface area contributed by atoms with Crippen LogP contribution in [0, 0.1) is 6.92 Å². The van der Waals surface area contributed by atoms with E-state index >= 15 is 0 Å². The van der Waals surface area contributed by atoms with Crippen LogP contribution in [-0.2, 0) is 0 Å². The Morgan fingerprint density at radius 2 is 0.865 bits per heavy atom. The Bertz CT molecular complexity index is 1870. The Morgan fingerprint density at radius 3 is 1.49 bits per heavy atom. The summed E-state index contributed by atoms with van der Waals surface area (Å²) in [5, 5.41) is 7.71. The van der Waals surface area contributed by atoms with Gasteiger partial charge in [0.15, 0.2) is 0 Å². The van der Waals surface area contributed by atoms with E-state index in [2.05, 4.69) is 146 Å². The zero-order valence-electron chi connectivity index (χ0n) is 20.8. The largest absolute Gasteiger partial charge is 0.0622 e. The smallest absolute Gasteiger partial charge is 0.00263 e. The van der Waals surface area contributed by atoms with Crippen LogP contribution in [0.25, 0.3) is 65.7 Å². The van der Waals surface area contributed by atoms with Crippen LogP contribution in [0.2, 0.25) is 0 Å². The highest BCUT2D eigenvalue weighted by Gasteiger charge is 2.17. The van der Waals surface area contributed by atoms with Crippen LogP contribution in [0.3, 0.4) is 0 Å². The van der Waals surface area contributed by atoms with Crippen LogP contribution in [0.1, 0.15) is 5.56 Å². The molecular formula is C37H26. The van der Waals surface area contributed by atoms with Gasteiger partial charge in [0.05, 0.1) is 0 Å². The highest BCUT2D eigenvalue weighted by atomic mass is 14.2. The summed E-state index contributed by atoms with van der Waals surface area (Å²) in [6.45, 7) is 2.23. The SMILES string of the molecule is Cc1cc(-c2c3ccccc3c(-c3ccccc3)c3ccccc23)ccc1-c1ccc2ccccc2c1. The quantitative estimate of drug-likeness (QED) is 0.225. The second-order valence-electron chi connectivity index (χ2n) is 9.80. The van der Waals surface area contributed by atoms with E-state index in [0.717, 1.165) is 0 Å². The molecule has 0 radical (unpaired) electrons. The van der Waals surface area contributed by atoms with E-state index in [0.29, 0.717) is 0 Å². The van der Waals surface area contributed by atoms with Crippen LogP contribution >= 0.6 is 0 Å². The van der Waals surface area contributed by atoms with Crippen molar-refractivity contribution in [3.05, 3.63) is 145 Å². The molecule has 0 unspecified atom stereocenters. The van der Waals surface area contributed by atoms with Crippen molar-refractivity contribution in [3.8, 4) is 33.4 Å². The molecule has 0 aromatic heterocycles. The van der Waals surface area contributed by atoms with Gasteiger partial charge in [-0.25, -0.2) is 0 Å². The molecule has 0 saturated heterocycles. The molecule has 0 aliphatic rings. The Balaban J connectivity index is 1.47. The van der Waals surface area contributed by atoms with Gasteiger partial charge < -0.3 is 0 Å². The minimum Gasteiger partial charge on any atom is -0.0622 e. The zero-order valence-corrected chi connectivity index (χ0v) is 20.8. The van der Waals surface area contributed by atoms with E-state index in [4.69, 9.17) is 0 Å². The lowest BCUT2D eigenvalue weighted by atomic mass is 9.85. The van der Waals surface area contributed by atoms with Crippen molar-refractivity contribution in [3.63, 3.8) is 0 Å². The molecule has 0 bridgehead atoms. The lowest BCUT2D eigenvalue weighted by Gasteiger charge is -2.18. The number of benzene rings is 7. The number of aryl methyl sites for hydroxylation is 1. The Morgan fingerprint density at radius 1 is 0.351 bits per heavy atom. The average Bonchev–Trinajstić information content (AvgIpc) is 2.96. The number of hydrogen-bond acceptors (Lipinski definition) is 0. The molecule has 0 amide bonds. The van der Waals surface area contributed by atoms with Gasteiger partial charge in [-0.3, -0.25) is 0 Å². The van der Waals surface area contributed by atoms with Crippen molar-refractivity contribution in [2.24, 2.45) is 0 Å². The Labute approximate surface area is 217 Å². The molecule has 0 saturated carbocycles. The summed E-state index contributed by atoms with van der Waals surface area (Å²) in [4.78, 5) is 0. The minimum absolute atomic E-state index is 1.25. The molecular weight excluding hydrogens is 444 g/mol. The first-order chi connectivity index (χ1) is 18.3. The molecule has 7 aromatic carbocycles. The first-order valence-electron chi connectivity index (χ1n) is 12.9. The van der Waals surface area contributed by atoms with E-state index in [1.54, 1.807) is 0 Å². The van der Waals surface area contributed by atoms with Crippen molar-refractivity contribution in [2.75, 3.05) is 0 Å². The zero-order chi connectivity index (χ0) is 24.8. The summed E-state index contributed by atoms with van der Waals surface area (Å²) in [5.41, 5.74) is 8.95. The summed E-state index contributed by atoms with van der Waals surface area (Å²) >= 11 is 0. The summed E-state index contributed by atoms with van der Waals surface area (Å²) in [7, 11) is 0. The third-order valence-corrected chi connectivity index (χ3v) is 7.57. The third-order valence-electron chi connectivity index (χ3n) is 7.57. The number of fused-ring (bicyclic) bond motifs is 3. The maximum absolute atomic E-state index is 2.36. The van der Waals surface area contributed by atoms with Gasteiger partial charge in [-0.2, -0.15) is 0 Å². The van der Waals surface area contributed by atoms with Crippen molar-refractivity contribution in [2.45, 2.75) is 6.92 Å². The molecule has 37 heavy (non-hydrogen) atoms. The summed E-state index contributed by atoms with van der Waals surface area (Å²) in [6, 6.07) is 50.8. The fourth-order valence-electron chi connectivity index (χ4n) is 5.86. The minimum atomic E-state index is 1.25. The van der Waals surface area contributed by atoms with Crippen LogP contribution in [0.15, 0.2) is 140 Å². The number of rotatable bonds is 3. The van der Waals surface area contributed by atoms with E-state index in [1.165, 1.54) is 71.3 Å². The molecule has 0 N–H and O–H groups in total. The topological polar surface area (TPSA) is 0 Å². The predicted molar refractivity (Wildman–Crippen MR) is 160 cm³/mol. The van der Waals surface area contributed by atoms with Crippen LogP contribution in [0.4, 0.5) is 0 Å². The number of hydrogen-bond donors (Lipinski definition) is 0. The van der Waals surface area contributed by atoms with Crippen LogP contribution in [-0.4, -0.2) is 0 Å². The van der Waals surface area contributed by atoms with Gasteiger partial charge in [-0.15, -0.1) is 0 Å². The molecule has 0 spiro atoms. The second-order valence-corrected chi connectivity index (χ2v) is 9.80. The molecule has 0 heterocycles. The monoisotopic (exact) mass is 470 g/mol. The van der Waals surface area contributed by atoms with Crippen molar-refractivity contribution >= 4 is 32.3 Å². The second kappa shape index (κ2) is 8.76. The molecule has 0 aliphatic heterocycles. The van der Waals surface area contributed by atoms with E-state index in [9.17, 15) is 0 Å². The molecule has 0 atom stereocenters. The van der Waals surface area contributed by atoms with Crippen molar-refractivity contribution in [1.29, 1.82) is 0 Å². The third kappa shape index (κ3) is 3.61. The predicted octanol–water partition coefficient (Wildman–Crippen LogP) is 10.5. The summed E-state index contributed by atoms with van der Waals surface area (Å²) < 4.78 is 0. The van der Waals surface area contributed by atoms with Gasteiger partial charge >= 0.3 is 0 Å². The molecule has 7 aromatic rings. The lowest BCUT2D eigenvalue weighted by Crippen LogP contribution is -1.92. The van der Waals surface area contributed by atoms with Gasteiger partial charge in [0.2, 0.25) is 0 Å². The molecule has 7 rings (SSSR count). The molecule has 0 heteroatoms. The van der Waals surface area contributed by atoms with Gasteiger partial charge in [0, 0.05) is 0 Å². The van der Waals surface area contributed by atoms with Crippen molar-refractivity contribution in [1.82, 2.24) is 0 Å². The van der Waals surface area contributed by atoms with Gasteiger partial charge in [-0.1, -0.05) is 133 Å². The summed E-state index contributed by atoms with van der Waals surface area (Å²) in [5.74, 6) is 0. The maximum atomic E-state index is 2.36. The fraction of sp³-hybridized carbons (Fsp3) is 0.0270. The van der Waals surface area contributed by atoms with Crippen molar-refractivity contribution < 1.29 is 0 Å². The van der Waals surface area contributed by atoms with Gasteiger partial charge in [-0.05, 0) is 84.3 Å². The molecule has 174 valence electrons. The van der Waals surface area contributed by atoms with Gasteiger partial charge in [0.25, 0.3) is 0 Å². The average molecular weight is 471 g/mol. The maximum Gasteiger partial charge on any atom is -0.00263 e. The normalized spacial score (nSPS) is 11.4. The Hall–Kier alpha value is -4.68. The van der Waals surface area contributed by atoms with E-state index in [-0.39, 0.29) is 0 Å². The summed E-state index contributed by atoms with van der Waals surface area (Å²) in [6.07, 6.45) is 0. The molecule has 0 nitrogen and oxygen atoms in total. The first kappa shape index (κ1) is 21.6. The Kier molecular flexibility index (Phi) is 5.11. The van der Waals surface area contributed by atoms with Crippen LogP contribution < -0.4 is 0 Å². The van der Waals surface area contributed by atoms with E-state index < -0.39 is 0 Å². The lowest BCUT2D eigenvalue weighted by molar-refractivity contribution is 1.46. The van der Waals surface area contributed by atoms with Crippen LogP contribution in [0.5, 0.6) is 0 Å². The molecule has 0 aliphatic carbocycles. The highest BCUT2D eigenvalue weighted by molar-refractivity contribution is 6.21. The highest BCUT2D eigenvalue weighted by Crippen LogP contribution is 2.44. The standard InChI is InChI=1S/C37H26/c1-25-23-30(21-22-31(25)29-20-19-26-11-5-6-14-28(26)24-29)37-34-17-9-7-15-32(34)36(27-12-3-2-4-13-27)33-16-8-10-18-35(33)37/h2-24H,1H3. The fourth-order valence-corrected chi connectivity index (χ4v) is 5.86. The van der Waals surface area contributed by atoms with Gasteiger partial charge in [0.1, 0.15) is 0 Å².